The molecule has 0 saturated heterocycles. The Labute approximate surface area is 68.8 Å². The van der Waals surface area contributed by atoms with E-state index in [0.29, 0.717) is 0 Å². The summed E-state index contributed by atoms with van der Waals surface area (Å²) in [5.74, 6) is 0. The highest BCUT2D eigenvalue weighted by Gasteiger charge is 2.07. The number of hydrogen-bond donors (Lipinski definition) is 1. The van der Waals surface area contributed by atoms with Gasteiger partial charge in [0.1, 0.15) is 6.10 Å². The molecule has 3 nitrogen and oxygen atoms in total. The Kier molecular flexibility index (Phi) is 2.48. The van der Waals surface area contributed by atoms with E-state index in [9.17, 15) is 4.79 Å². The van der Waals surface area contributed by atoms with Gasteiger partial charge in [0, 0.05) is 5.56 Å². The Morgan fingerprint density at radius 2 is 2.55 bits per heavy atom. The predicted molar refractivity (Wildman–Crippen MR) is 43.4 cm³/mol. The molecule has 60 valence electrons. The fourth-order valence-electron chi connectivity index (χ4n) is 0.749. The summed E-state index contributed by atoms with van der Waals surface area (Å²) in [5.41, 5.74) is 5.82. The third-order valence-electron chi connectivity index (χ3n) is 1.31. The first kappa shape index (κ1) is 8.07. The number of rotatable bonds is 2. The van der Waals surface area contributed by atoms with E-state index >= 15 is 0 Å². The second kappa shape index (κ2) is 3.39. The van der Waals surface area contributed by atoms with Gasteiger partial charge in [-0.3, -0.25) is 0 Å². The van der Waals surface area contributed by atoms with E-state index in [1.165, 1.54) is 0 Å². The van der Waals surface area contributed by atoms with Crippen LogP contribution in [0.5, 0.6) is 0 Å². The molecule has 0 aliphatic heterocycles. The van der Waals surface area contributed by atoms with E-state index in [4.69, 9.17) is 10.5 Å². The third-order valence-corrected chi connectivity index (χ3v) is 2.01. The standard InChI is InChI=1S/C7H9NO2S/c1-5(10-7(8)9)6-2-3-11-4-6/h2-5H,1H3,(H2,8,9)/t5-/m1/s1. The molecule has 0 fully saturated rings. The molecule has 0 spiro atoms. The van der Waals surface area contributed by atoms with E-state index in [1.54, 1.807) is 18.3 Å². The number of carbonyl (C=O) groups excluding carboxylic acids is 1. The minimum Gasteiger partial charge on any atom is -0.442 e. The van der Waals surface area contributed by atoms with Crippen LogP contribution in [-0.2, 0) is 4.74 Å². The molecule has 0 unspecified atom stereocenters. The fraction of sp³-hybridized carbons (Fsp3) is 0.286. The number of thiophene rings is 1. The molecule has 1 rings (SSSR count). The summed E-state index contributed by atoms with van der Waals surface area (Å²) >= 11 is 1.56. The number of amides is 1. The zero-order valence-corrected chi connectivity index (χ0v) is 6.93. The summed E-state index contributed by atoms with van der Waals surface area (Å²) < 4.78 is 4.74. The van der Waals surface area contributed by atoms with Crippen molar-refractivity contribution >= 4 is 17.4 Å². The van der Waals surface area contributed by atoms with Gasteiger partial charge in [-0.1, -0.05) is 0 Å². The molecule has 0 bridgehead atoms. The van der Waals surface area contributed by atoms with Gasteiger partial charge in [-0.05, 0) is 23.8 Å². The van der Waals surface area contributed by atoms with Gasteiger partial charge in [0.15, 0.2) is 0 Å². The van der Waals surface area contributed by atoms with Crippen LogP contribution >= 0.6 is 11.3 Å². The highest BCUT2D eigenvalue weighted by Crippen LogP contribution is 2.18. The van der Waals surface area contributed by atoms with Crippen molar-refractivity contribution in [2.24, 2.45) is 5.73 Å². The molecule has 0 saturated carbocycles. The molecular formula is C7H9NO2S. The lowest BCUT2D eigenvalue weighted by atomic mass is 10.2. The molecule has 1 atom stereocenters. The van der Waals surface area contributed by atoms with Crippen molar-refractivity contribution < 1.29 is 9.53 Å². The third kappa shape index (κ3) is 2.23. The molecule has 0 aromatic carbocycles. The second-order valence-electron chi connectivity index (χ2n) is 2.14. The van der Waals surface area contributed by atoms with E-state index < -0.39 is 6.09 Å². The first-order chi connectivity index (χ1) is 5.20. The smallest absolute Gasteiger partial charge is 0.405 e. The molecule has 0 aliphatic carbocycles. The lowest BCUT2D eigenvalue weighted by Gasteiger charge is -2.08. The molecule has 1 heterocycles. The lowest BCUT2D eigenvalue weighted by Crippen LogP contribution is -2.15. The van der Waals surface area contributed by atoms with Gasteiger partial charge in [-0.2, -0.15) is 11.3 Å². The Balaban J connectivity index is 2.56. The minimum absolute atomic E-state index is 0.237. The lowest BCUT2D eigenvalue weighted by molar-refractivity contribution is 0.117. The molecule has 0 radical (unpaired) electrons. The zero-order chi connectivity index (χ0) is 8.27. The fourth-order valence-corrected chi connectivity index (χ4v) is 1.49. The van der Waals surface area contributed by atoms with E-state index in [2.05, 4.69) is 0 Å². The summed E-state index contributed by atoms with van der Waals surface area (Å²) in [5, 5.41) is 3.85. The Morgan fingerprint density at radius 1 is 1.82 bits per heavy atom. The number of nitrogens with two attached hydrogens (primary N) is 1. The zero-order valence-electron chi connectivity index (χ0n) is 6.11. The first-order valence-electron chi connectivity index (χ1n) is 3.18. The molecule has 1 aromatic heterocycles. The Hall–Kier alpha value is -1.03. The van der Waals surface area contributed by atoms with Gasteiger partial charge in [-0.25, -0.2) is 4.79 Å². The van der Waals surface area contributed by atoms with Crippen LogP contribution in [0.25, 0.3) is 0 Å². The number of primary amides is 1. The van der Waals surface area contributed by atoms with Crippen molar-refractivity contribution in [3.8, 4) is 0 Å². The predicted octanol–water partition coefficient (Wildman–Crippen LogP) is 1.90. The maximum absolute atomic E-state index is 10.3. The number of hydrogen-bond acceptors (Lipinski definition) is 3. The molecular weight excluding hydrogens is 162 g/mol. The molecule has 1 amide bonds. The number of carbonyl (C=O) groups is 1. The van der Waals surface area contributed by atoms with Gasteiger partial charge in [0.25, 0.3) is 0 Å². The summed E-state index contributed by atoms with van der Waals surface area (Å²) in [4.78, 5) is 10.3. The molecule has 1 aromatic rings. The van der Waals surface area contributed by atoms with Crippen molar-refractivity contribution in [3.05, 3.63) is 22.4 Å². The maximum Gasteiger partial charge on any atom is 0.405 e. The van der Waals surface area contributed by atoms with Gasteiger partial charge < -0.3 is 10.5 Å². The normalized spacial score (nSPS) is 12.5. The first-order valence-corrected chi connectivity index (χ1v) is 4.12. The van der Waals surface area contributed by atoms with E-state index in [1.807, 2.05) is 16.8 Å². The number of ether oxygens (including phenoxy) is 1. The largest absolute Gasteiger partial charge is 0.442 e. The maximum atomic E-state index is 10.3. The van der Waals surface area contributed by atoms with Crippen LogP contribution in [0, 0.1) is 0 Å². The summed E-state index contributed by atoms with van der Waals surface area (Å²) in [7, 11) is 0. The van der Waals surface area contributed by atoms with Crippen LogP contribution in [0.2, 0.25) is 0 Å². The van der Waals surface area contributed by atoms with Crippen LogP contribution in [0.15, 0.2) is 16.8 Å². The van der Waals surface area contributed by atoms with Crippen molar-refractivity contribution in [2.45, 2.75) is 13.0 Å². The van der Waals surface area contributed by atoms with Gasteiger partial charge in [0.05, 0.1) is 0 Å². The van der Waals surface area contributed by atoms with Gasteiger partial charge in [-0.15, -0.1) is 0 Å². The Bertz CT molecular complexity index is 233. The summed E-state index contributed by atoms with van der Waals surface area (Å²) in [6.07, 6.45) is -0.970. The van der Waals surface area contributed by atoms with Crippen molar-refractivity contribution in [1.82, 2.24) is 0 Å². The van der Waals surface area contributed by atoms with Crippen molar-refractivity contribution in [3.63, 3.8) is 0 Å². The van der Waals surface area contributed by atoms with Crippen LogP contribution < -0.4 is 5.73 Å². The van der Waals surface area contributed by atoms with E-state index in [0.717, 1.165) is 5.56 Å². The van der Waals surface area contributed by atoms with Crippen molar-refractivity contribution in [1.29, 1.82) is 0 Å². The SMILES string of the molecule is C[C@@H](OC(N)=O)c1ccsc1. The molecule has 2 N–H and O–H groups in total. The van der Waals surface area contributed by atoms with Gasteiger partial charge >= 0.3 is 6.09 Å². The monoisotopic (exact) mass is 171 g/mol. The average molecular weight is 171 g/mol. The summed E-state index contributed by atoms with van der Waals surface area (Å²) in [6, 6.07) is 1.90. The van der Waals surface area contributed by atoms with E-state index in [-0.39, 0.29) is 6.10 Å². The van der Waals surface area contributed by atoms with Crippen LogP contribution in [0.4, 0.5) is 4.79 Å². The summed E-state index contributed by atoms with van der Waals surface area (Å²) in [6.45, 7) is 1.78. The Morgan fingerprint density at radius 3 is 3.00 bits per heavy atom. The van der Waals surface area contributed by atoms with Crippen LogP contribution in [0.1, 0.15) is 18.6 Å². The molecule has 4 heteroatoms. The molecule has 0 aliphatic rings. The minimum atomic E-state index is -0.733. The highest BCUT2D eigenvalue weighted by molar-refractivity contribution is 7.07. The average Bonchev–Trinajstić information content (AvgIpc) is 2.35. The topological polar surface area (TPSA) is 52.3 Å². The molecule has 11 heavy (non-hydrogen) atoms. The van der Waals surface area contributed by atoms with Crippen LogP contribution in [0.3, 0.4) is 0 Å². The quantitative estimate of drug-likeness (QED) is 0.738. The van der Waals surface area contributed by atoms with Gasteiger partial charge in [0.2, 0.25) is 0 Å². The van der Waals surface area contributed by atoms with Crippen molar-refractivity contribution in [2.75, 3.05) is 0 Å². The second-order valence-corrected chi connectivity index (χ2v) is 2.92. The van der Waals surface area contributed by atoms with Crippen LogP contribution in [-0.4, -0.2) is 6.09 Å². The highest BCUT2D eigenvalue weighted by atomic mass is 32.1.